The Morgan fingerprint density at radius 1 is 1.29 bits per heavy atom. The number of ketones is 1. The van der Waals surface area contributed by atoms with Gasteiger partial charge in [0.05, 0.1) is 13.5 Å². The third-order valence-electron chi connectivity index (χ3n) is 3.38. The SMILES string of the molecule is COc1ccc(C(=O)NCCN2CCC(=O)CC2=O)cc1. The van der Waals surface area contributed by atoms with Crippen molar-refractivity contribution in [2.75, 3.05) is 26.7 Å². The van der Waals surface area contributed by atoms with Crippen LogP contribution in [0.5, 0.6) is 5.75 Å². The van der Waals surface area contributed by atoms with Gasteiger partial charge in [-0.1, -0.05) is 0 Å². The van der Waals surface area contributed by atoms with Crippen LogP contribution >= 0.6 is 0 Å². The molecule has 1 aliphatic heterocycles. The first kappa shape index (κ1) is 15.0. The number of benzene rings is 1. The van der Waals surface area contributed by atoms with E-state index in [2.05, 4.69) is 5.32 Å². The molecule has 21 heavy (non-hydrogen) atoms. The molecule has 0 aromatic heterocycles. The molecule has 1 saturated heterocycles. The van der Waals surface area contributed by atoms with Gasteiger partial charge in [-0.2, -0.15) is 0 Å². The lowest BCUT2D eigenvalue weighted by Crippen LogP contribution is -2.43. The summed E-state index contributed by atoms with van der Waals surface area (Å²) in [7, 11) is 1.56. The maximum absolute atomic E-state index is 11.9. The molecule has 0 aliphatic carbocycles. The van der Waals surface area contributed by atoms with Gasteiger partial charge in [-0.15, -0.1) is 0 Å². The summed E-state index contributed by atoms with van der Waals surface area (Å²) in [5.74, 6) is 0.316. The van der Waals surface area contributed by atoms with E-state index in [1.54, 1.807) is 36.3 Å². The molecule has 0 spiro atoms. The molecule has 1 aromatic rings. The number of Topliss-reactive ketones (excluding diaryl/α,β-unsaturated/α-hetero) is 1. The van der Waals surface area contributed by atoms with Gasteiger partial charge in [0.2, 0.25) is 5.91 Å². The lowest BCUT2D eigenvalue weighted by molar-refractivity contribution is -0.139. The number of hydrogen-bond donors (Lipinski definition) is 1. The van der Waals surface area contributed by atoms with E-state index in [1.165, 1.54) is 0 Å². The molecule has 1 aromatic carbocycles. The number of nitrogens with zero attached hydrogens (tertiary/aromatic N) is 1. The van der Waals surface area contributed by atoms with E-state index < -0.39 is 0 Å². The Kier molecular flexibility index (Phi) is 4.92. The van der Waals surface area contributed by atoms with Gasteiger partial charge in [0.15, 0.2) is 0 Å². The van der Waals surface area contributed by atoms with E-state index in [0.717, 1.165) is 0 Å². The highest BCUT2D eigenvalue weighted by atomic mass is 16.5. The number of likely N-dealkylation sites (tertiary alicyclic amines) is 1. The molecule has 1 heterocycles. The minimum atomic E-state index is -0.196. The molecule has 0 unspecified atom stereocenters. The number of carbonyl (C=O) groups excluding carboxylic acids is 3. The van der Waals surface area contributed by atoms with Crippen LogP contribution in [0, 0.1) is 0 Å². The van der Waals surface area contributed by atoms with Gasteiger partial charge < -0.3 is 15.0 Å². The number of piperidine rings is 1. The summed E-state index contributed by atoms with van der Waals surface area (Å²) in [5, 5.41) is 2.76. The van der Waals surface area contributed by atoms with Crippen LogP contribution < -0.4 is 10.1 Å². The van der Waals surface area contributed by atoms with Crippen molar-refractivity contribution in [3.05, 3.63) is 29.8 Å². The zero-order chi connectivity index (χ0) is 15.2. The van der Waals surface area contributed by atoms with Crippen LogP contribution in [0.25, 0.3) is 0 Å². The molecular weight excluding hydrogens is 272 g/mol. The predicted octanol–water partition coefficient (Wildman–Crippen LogP) is 0.617. The fourth-order valence-corrected chi connectivity index (χ4v) is 2.14. The summed E-state index contributed by atoms with van der Waals surface area (Å²) in [6.07, 6.45) is 0.380. The molecule has 6 nitrogen and oxygen atoms in total. The van der Waals surface area contributed by atoms with E-state index >= 15 is 0 Å². The number of rotatable bonds is 5. The molecule has 1 fully saturated rings. The quantitative estimate of drug-likeness (QED) is 0.806. The fraction of sp³-hybridized carbons (Fsp3) is 0.400. The van der Waals surface area contributed by atoms with Crippen molar-refractivity contribution in [3.63, 3.8) is 0 Å². The number of hydrogen-bond acceptors (Lipinski definition) is 4. The van der Waals surface area contributed by atoms with Crippen molar-refractivity contribution < 1.29 is 19.1 Å². The van der Waals surface area contributed by atoms with Crippen LogP contribution in [0.3, 0.4) is 0 Å². The summed E-state index contributed by atoms with van der Waals surface area (Å²) in [6, 6.07) is 6.79. The summed E-state index contributed by atoms with van der Waals surface area (Å²) in [6.45, 7) is 1.23. The highest BCUT2D eigenvalue weighted by Gasteiger charge is 2.23. The summed E-state index contributed by atoms with van der Waals surface area (Å²) >= 11 is 0. The number of methoxy groups -OCH3 is 1. The topological polar surface area (TPSA) is 75.7 Å². The first-order chi connectivity index (χ1) is 10.1. The highest BCUT2D eigenvalue weighted by Crippen LogP contribution is 2.11. The summed E-state index contributed by atoms with van der Waals surface area (Å²) in [4.78, 5) is 36.2. The number of nitrogens with one attached hydrogen (secondary N) is 1. The van der Waals surface area contributed by atoms with Gasteiger partial charge in [-0.3, -0.25) is 14.4 Å². The highest BCUT2D eigenvalue weighted by molar-refractivity contribution is 6.00. The molecule has 0 atom stereocenters. The van der Waals surface area contributed by atoms with Crippen molar-refractivity contribution in [1.29, 1.82) is 0 Å². The zero-order valence-corrected chi connectivity index (χ0v) is 11.9. The van der Waals surface area contributed by atoms with Crippen molar-refractivity contribution in [1.82, 2.24) is 10.2 Å². The van der Waals surface area contributed by atoms with Crippen LogP contribution in [-0.2, 0) is 9.59 Å². The minimum Gasteiger partial charge on any atom is -0.497 e. The van der Waals surface area contributed by atoms with Crippen LogP contribution in [-0.4, -0.2) is 49.2 Å². The van der Waals surface area contributed by atoms with E-state index in [9.17, 15) is 14.4 Å². The van der Waals surface area contributed by atoms with Crippen molar-refractivity contribution in [3.8, 4) is 5.75 Å². The monoisotopic (exact) mass is 290 g/mol. The van der Waals surface area contributed by atoms with Gasteiger partial charge in [0.25, 0.3) is 5.91 Å². The predicted molar refractivity (Wildman–Crippen MR) is 76.1 cm³/mol. The van der Waals surface area contributed by atoms with Crippen LogP contribution in [0.2, 0.25) is 0 Å². The second kappa shape index (κ2) is 6.88. The minimum absolute atomic E-state index is 0.0153. The van der Waals surface area contributed by atoms with E-state index in [-0.39, 0.29) is 24.0 Å². The Balaban J connectivity index is 1.78. The molecular formula is C15H18N2O4. The largest absolute Gasteiger partial charge is 0.497 e. The Morgan fingerprint density at radius 2 is 2.00 bits per heavy atom. The molecule has 1 aliphatic rings. The standard InChI is InChI=1S/C15H18N2O4/c1-21-13-4-2-11(3-5-13)15(20)16-7-9-17-8-6-12(18)10-14(17)19/h2-5H,6-10H2,1H3,(H,16,20). The third-order valence-corrected chi connectivity index (χ3v) is 3.38. The van der Waals surface area contributed by atoms with Crippen molar-refractivity contribution in [2.45, 2.75) is 12.8 Å². The molecule has 2 rings (SSSR count). The number of ether oxygens (including phenoxy) is 1. The summed E-state index contributed by atoms with van der Waals surface area (Å²) < 4.78 is 5.03. The normalized spacial score (nSPS) is 15.0. The maximum Gasteiger partial charge on any atom is 0.251 e. The zero-order valence-electron chi connectivity index (χ0n) is 11.9. The lowest BCUT2D eigenvalue weighted by atomic mass is 10.1. The molecule has 1 N–H and O–H groups in total. The third kappa shape index (κ3) is 4.05. The second-order valence-corrected chi connectivity index (χ2v) is 4.83. The molecule has 2 amide bonds. The average Bonchev–Trinajstić information content (AvgIpc) is 2.49. The molecule has 6 heteroatoms. The van der Waals surface area contributed by atoms with Crippen molar-refractivity contribution >= 4 is 17.6 Å². The van der Waals surface area contributed by atoms with Crippen LogP contribution in [0.1, 0.15) is 23.2 Å². The summed E-state index contributed by atoms with van der Waals surface area (Å²) in [5.41, 5.74) is 0.538. The van der Waals surface area contributed by atoms with Crippen molar-refractivity contribution in [2.24, 2.45) is 0 Å². The van der Waals surface area contributed by atoms with Gasteiger partial charge >= 0.3 is 0 Å². The average molecular weight is 290 g/mol. The number of carbonyl (C=O) groups is 3. The molecule has 0 radical (unpaired) electrons. The lowest BCUT2D eigenvalue weighted by Gasteiger charge is -2.26. The van der Waals surface area contributed by atoms with E-state index in [4.69, 9.17) is 4.74 Å². The Morgan fingerprint density at radius 3 is 2.62 bits per heavy atom. The number of amides is 2. The molecule has 0 saturated carbocycles. The fourth-order valence-electron chi connectivity index (χ4n) is 2.14. The van der Waals surface area contributed by atoms with Gasteiger partial charge in [-0.05, 0) is 24.3 Å². The van der Waals surface area contributed by atoms with E-state index in [0.29, 0.717) is 37.4 Å². The first-order valence-corrected chi connectivity index (χ1v) is 6.82. The Bertz CT molecular complexity index is 539. The van der Waals surface area contributed by atoms with Gasteiger partial charge in [0, 0.05) is 31.6 Å². The Hall–Kier alpha value is -2.37. The van der Waals surface area contributed by atoms with Crippen LogP contribution in [0.4, 0.5) is 0 Å². The van der Waals surface area contributed by atoms with E-state index in [1.807, 2.05) is 0 Å². The Labute approximate surface area is 123 Å². The van der Waals surface area contributed by atoms with Gasteiger partial charge in [-0.25, -0.2) is 0 Å². The second-order valence-electron chi connectivity index (χ2n) is 4.83. The van der Waals surface area contributed by atoms with Gasteiger partial charge in [0.1, 0.15) is 11.5 Å². The molecule has 112 valence electrons. The van der Waals surface area contributed by atoms with Crippen LogP contribution in [0.15, 0.2) is 24.3 Å². The first-order valence-electron chi connectivity index (χ1n) is 6.82. The maximum atomic E-state index is 11.9. The smallest absolute Gasteiger partial charge is 0.251 e. The molecule has 0 bridgehead atoms.